The second-order valence-corrected chi connectivity index (χ2v) is 6.01. The van der Waals surface area contributed by atoms with E-state index >= 15 is 0 Å². The Bertz CT molecular complexity index is 1030. The van der Waals surface area contributed by atoms with Crippen molar-refractivity contribution in [1.82, 2.24) is 9.55 Å². The predicted molar refractivity (Wildman–Crippen MR) is 89.7 cm³/mol. The van der Waals surface area contributed by atoms with E-state index in [0.29, 0.717) is 17.1 Å². The maximum Gasteiger partial charge on any atom is 0.226 e. The molecular weight excluding hydrogens is 338 g/mol. The summed E-state index contributed by atoms with van der Waals surface area (Å²) in [5.41, 5.74) is 2.21. The first kappa shape index (κ1) is 16.0. The van der Waals surface area contributed by atoms with E-state index in [9.17, 15) is 13.6 Å². The molecule has 2 aromatic carbocycles. The van der Waals surface area contributed by atoms with Gasteiger partial charge >= 0.3 is 0 Å². The molecule has 1 N–H and O–H groups in total. The van der Waals surface area contributed by atoms with Crippen LogP contribution in [-0.4, -0.2) is 15.5 Å². The van der Waals surface area contributed by atoms with Crippen molar-refractivity contribution in [3.63, 3.8) is 0 Å². The molecule has 1 unspecified atom stereocenters. The topological polar surface area (TPSA) is 70.7 Å². The standard InChI is InChI=1S/C19H12F2N4O/c20-13-5-14(21)7-15(6-13)25-10-23-18-16(8-17(26)24-19(18)25)12-3-1-11(9-22)2-4-12/h1-7,10,16H,8H2,(H,24,26). The molecule has 1 aliphatic rings. The molecule has 1 amide bonds. The summed E-state index contributed by atoms with van der Waals surface area (Å²) >= 11 is 0. The number of amides is 1. The SMILES string of the molecule is N#Cc1ccc(C2CC(=O)Nc3c2ncn3-c2cc(F)cc(F)c2)cc1. The number of nitriles is 1. The van der Waals surface area contributed by atoms with Gasteiger partial charge in [0.25, 0.3) is 0 Å². The smallest absolute Gasteiger partial charge is 0.226 e. The number of aromatic nitrogens is 2. The third kappa shape index (κ3) is 2.71. The quantitative estimate of drug-likeness (QED) is 0.769. The Balaban J connectivity index is 1.81. The molecule has 0 aliphatic carbocycles. The fourth-order valence-corrected chi connectivity index (χ4v) is 3.15. The van der Waals surface area contributed by atoms with Crippen molar-refractivity contribution in [3.05, 3.63) is 77.2 Å². The Hall–Kier alpha value is -3.53. The van der Waals surface area contributed by atoms with E-state index in [0.717, 1.165) is 11.6 Å². The molecule has 4 rings (SSSR count). The third-order valence-corrected chi connectivity index (χ3v) is 4.34. The number of carbonyl (C=O) groups is 1. The molecule has 7 heteroatoms. The average Bonchev–Trinajstić information content (AvgIpc) is 3.04. The number of nitrogens with one attached hydrogen (secondary N) is 1. The lowest BCUT2D eigenvalue weighted by Crippen LogP contribution is -2.25. The summed E-state index contributed by atoms with van der Waals surface area (Å²) in [6.45, 7) is 0. The van der Waals surface area contributed by atoms with Crippen LogP contribution in [0.3, 0.4) is 0 Å². The van der Waals surface area contributed by atoms with Crippen LogP contribution in [0.5, 0.6) is 0 Å². The maximum atomic E-state index is 13.6. The molecule has 5 nitrogen and oxygen atoms in total. The lowest BCUT2D eigenvalue weighted by atomic mass is 9.89. The summed E-state index contributed by atoms with van der Waals surface area (Å²) in [5, 5.41) is 11.7. The Morgan fingerprint density at radius 3 is 2.50 bits per heavy atom. The Morgan fingerprint density at radius 2 is 1.85 bits per heavy atom. The van der Waals surface area contributed by atoms with Gasteiger partial charge in [0.15, 0.2) is 0 Å². The van der Waals surface area contributed by atoms with E-state index in [1.165, 1.54) is 23.0 Å². The first-order valence-corrected chi connectivity index (χ1v) is 7.89. The molecule has 0 saturated carbocycles. The highest BCUT2D eigenvalue weighted by Gasteiger charge is 2.31. The number of hydrogen-bond acceptors (Lipinski definition) is 3. The second-order valence-electron chi connectivity index (χ2n) is 6.01. The molecule has 0 bridgehead atoms. The van der Waals surface area contributed by atoms with Crippen LogP contribution in [-0.2, 0) is 4.79 Å². The van der Waals surface area contributed by atoms with Crippen molar-refractivity contribution >= 4 is 11.7 Å². The number of nitrogens with zero attached hydrogens (tertiary/aromatic N) is 3. The minimum Gasteiger partial charge on any atom is -0.310 e. The summed E-state index contributed by atoms with van der Waals surface area (Å²) in [7, 11) is 0. The van der Waals surface area contributed by atoms with Gasteiger partial charge in [-0.1, -0.05) is 12.1 Å². The van der Waals surface area contributed by atoms with Crippen LogP contribution in [0.15, 0.2) is 48.8 Å². The summed E-state index contributed by atoms with van der Waals surface area (Å²) in [6.07, 6.45) is 1.63. The summed E-state index contributed by atoms with van der Waals surface area (Å²) in [5.74, 6) is -1.56. The number of anilines is 1. The number of fused-ring (bicyclic) bond motifs is 1. The van der Waals surface area contributed by atoms with E-state index in [1.54, 1.807) is 24.3 Å². The highest BCUT2D eigenvalue weighted by Crippen LogP contribution is 2.37. The second kappa shape index (κ2) is 6.08. The number of hydrogen-bond donors (Lipinski definition) is 1. The molecular formula is C19H12F2N4O. The van der Waals surface area contributed by atoms with Gasteiger partial charge in [-0.2, -0.15) is 5.26 Å². The molecule has 1 atom stereocenters. The predicted octanol–water partition coefficient (Wildman–Crippen LogP) is 3.50. The van der Waals surface area contributed by atoms with Gasteiger partial charge in [-0.25, -0.2) is 13.8 Å². The summed E-state index contributed by atoms with van der Waals surface area (Å²) in [4.78, 5) is 16.6. The molecule has 0 radical (unpaired) electrons. The van der Waals surface area contributed by atoms with Gasteiger partial charge in [0.2, 0.25) is 5.91 Å². The largest absolute Gasteiger partial charge is 0.310 e. The number of imidazole rings is 1. The molecule has 2 heterocycles. The highest BCUT2D eigenvalue weighted by molar-refractivity contribution is 5.94. The summed E-state index contributed by atoms with van der Waals surface area (Å²) < 4.78 is 28.6. The molecule has 0 spiro atoms. The highest BCUT2D eigenvalue weighted by atomic mass is 19.1. The lowest BCUT2D eigenvalue weighted by Gasteiger charge is -2.23. The maximum absolute atomic E-state index is 13.6. The number of benzene rings is 2. The molecule has 0 saturated heterocycles. The number of halogens is 2. The fraction of sp³-hybridized carbons (Fsp3) is 0.105. The van der Waals surface area contributed by atoms with E-state index in [2.05, 4.69) is 16.4 Å². The minimum atomic E-state index is -0.715. The van der Waals surface area contributed by atoms with Gasteiger partial charge in [0.05, 0.1) is 23.0 Å². The Kier molecular flexibility index (Phi) is 3.73. The first-order chi connectivity index (χ1) is 12.5. The van der Waals surface area contributed by atoms with Crippen LogP contribution in [0.25, 0.3) is 5.69 Å². The fourth-order valence-electron chi connectivity index (χ4n) is 3.15. The molecule has 1 aliphatic heterocycles. The van der Waals surface area contributed by atoms with Gasteiger partial charge in [-0.15, -0.1) is 0 Å². The zero-order valence-corrected chi connectivity index (χ0v) is 13.4. The van der Waals surface area contributed by atoms with Crippen molar-refractivity contribution in [2.45, 2.75) is 12.3 Å². The van der Waals surface area contributed by atoms with Crippen molar-refractivity contribution in [2.24, 2.45) is 0 Å². The minimum absolute atomic E-state index is 0.202. The van der Waals surface area contributed by atoms with Gasteiger partial charge in [-0.3, -0.25) is 9.36 Å². The van der Waals surface area contributed by atoms with Gasteiger partial charge in [-0.05, 0) is 29.8 Å². The van der Waals surface area contributed by atoms with Crippen molar-refractivity contribution in [1.29, 1.82) is 5.26 Å². The van der Waals surface area contributed by atoms with Crippen LogP contribution in [0.1, 0.15) is 29.2 Å². The zero-order chi connectivity index (χ0) is 18.3. The Labute approximate surface area is 147 Å². The van der Waals surface area contributed by atoms with Gasteiger partial charge < -0.3 is 5.32 Å². The van der Waals surface area contributed by atoms with Crippen molar-refractivity contribution < 1.29 is 13.6 Å². The van der Waals surface area contributed by atoms with Gasteiger partial charge in [0.1, 0.15) is 23.8 Å². The molecule has 128 valence electrons. The summed E-state index contributed by atoms with van der Waals surface area (Å²) in [6, 6.07) is 12.1. The van der Waals surface area contributed by atoms with Crippen LogP contribution in [0.2, 0.25) is 0 Å². The average molecular weight is 350 g/mol. The van der Waals surface area contributed by atoms with Crippen LogP contribution >= 0.6 is 0 Å². The normalized spacial score (nSPS) is 15.9. The zero-order valence-electron chi connectivity index (χ0n) is 13.4. The third-order valence-electron chi connectivity index (χ3n) is 4.34. The molecule has 0 fully saturated rings. The molecule has 1 aromatic heterocycles. The van der Waals surface area contributed by atoms with E-state index in [1.807, 2.05) is 0 Å². The van der Waals surface area contributed by atoms with Gasteiger partial charge in [0, 0.05) is 18.4 Å². The Morgan fingerprint density at radius 1 is 1.15 bits per heavy atom. The number of carbonyl (C=O) groups excluding carboxylic acids is 1. The van der Waals surface area contributed by atoms with Crippen molar-refractivity contribution in [3.8, 4) is 11.8 Å². The van der Waals surface area contributed by atoms with E-state index < -0.39 is 11.6 Å². The van der Waals surface area contributed by atoms with E-state index in [-0.39, 0.29) is 23.9 Å². The van der Waals surface area contributed by atoms with Crippen molar-refractivity contribution in [2.75, 3.05) is 5.32 Å². The van der Waals surface area contributed by atoms with Crippen LogP contribution < -0.4 is 5.32 Å². The van der Waals surface area contributed by atoms with E-state index in [4.69, 9.17) is 5.26 Å². The van der Waals surface area contributed by atoms with Crippen LogP contribution in [0, 0.1) is 23.0 Å². The molecule has 26 heavy (non-hydrogen) atoms. The first-order valence-electron chi connectivity index (χ1n) is 7.89. The number of rotatable bonds is 2. The molecule has 3 aromatic rings. The monoisotopic (exact) mass is 350 g/mol. The lowest BCUT2D eigenvalue weighted by molar-refractivity contribution is -0.116. The van der Waals surface area contributed by atoms with Crippen LogP contribution in [0.4, 0.5) is 14.6 Å².